The Morgan fingerprint density at radius 3 is 2.60 bits per heavy atom. The molecule has 52 valence electrons. The van der Waals surface area contributed by atoms with E-state index in [1.54, 1.807) is 6.34 Å². The van der Waals surface area contributed by atoms with Crippen LogP contribution in [0.25, 0.3) is 0 Å². The molecule has 0 aromatic heterocycles. The zero-order valence-corrected chi connectivity index (χ0v) is 8.80. The van der Waals surface area contributed by atoms with Crippen molar-refractivity contribution in [1.82, 2.24) is 5.32 Å². The van der Waals surface area contributed by atoms with Crippen LogP contribution < -0.4 is 5.32 Å². The second kappa shape index (κ2) is 7.32. The summed E-state index contributed by atoms with van der Waals surface area (Å²) in [6.07, 6.45) is 3.71. The topological polar surface area (TPSA) is 24.4 Å². The molecule has 0 aromatic rings. The van der Waals surface area contributed by atoms with Gasteiger partial charge >= 0.3 is 50.7 Å². The average Bonchev–Trinajstić information content (AvgIpc) is 2.43. The van der Waals surface area contributed by atoms with Crippen LogP contribution in [-0.2, 0) is 0 Å². The third kappa shape index (κ3) is 8.21. The summed E-state index contributed by atoms with van der Waals surface area (Å²) in [4.78, 5) is 3.85. The molecule has 1 rings (SSSR count). The van der Waals surface area contributed by atoms with Crippen LogP contribution in [0.4, 0.5) is 0 Å². The zero-order chi connectivity index (χ0) is 7.82. The summed E-state index contributed by atoms with van der Waals surface area (Å²) in [5.74, 6) is 0. The minimum absolute atomic E-state index is 0.787. The van der Waals surface area contributed by atoms with Crippen molar-refractivity contribution in [2.45, 2.75) is 10.1 Å². The van der Waals surface area contributed by atoms with Crippen LogP contribution in [-0.4, -0.2) is 47.4 Å². The molecule has 1 unspecified atom stereocenters. The zero-order valence-electron chi connectivity index (χ0n) is 6.80. The molecule has 2 nitrogen and oxygen atoms in total. The predicted octanol–water partition coefficient (Wildman–Crippen LogP) is 0.767. The molecule has 10 heavy (non-hydrogen) atoms. The third-order valence-electron chi connectivity index (χ3n) is 1.04. The SMILES string of the molecule is C1=NCCN1.C=C[CH](C)[Na]. The molecule has 0 aliphatic carbocycles. The normalized spacial score (nSPS) is 16.7. The van der Waals surface area contributed by atoms with E-state index >= 15 is 0 Å². The van der Waals surface area contributed by atoms with Gasteiger partial charge in [0.2, 0.25) is 0 Å². The standard InChI is InChI=1S/C4H7.C3H6N2.Na/c1-3-4-2;1-2-5-3-4-1;/h3-4H,1H2,2H3;3H,1-2H2,(H,4,5);. The molecule has 1 aliphatic rings. The molecule has 0 amide bonds. The van der Waals surface area contributed by atoms with Gasteiger partial charge in [-0.05, 0) is 0 Å². The van der Waals surface area contributed by atoms with E-state index in [1.165, 1.54) is 27.9 Å². The molecular formula is C7H13N2Na. The van der Waals surface area contributed by atoms with Gasteiger partial charge in [0.15, 0.2) is 0 Å². The number of nitrogens with one attached hydrogen (secondary N) is 1. The van der Waals surface area contributed by atoms with Crippen molar-refractivity contribution in [3.05, 3.63) is 12.7 Å². The van der Waals surface area contributed by atoms with Crippen molar-refractivity contribution in [2.75, 3.05) is 13.1 Å². The van der Waals surface area contributed by atoms with Crippen LogP contribution in [0.2, 0.25) is 3.17 Å². The van der Waals surface area contributed by atoms with Gasteiger partial charge in [0.1, 0.15) is 0 Å². The Hall–Kier alpha value is 0.210. The summed E-state index contributed by atoms with van der Waals surface area (Å²) >= 11 is 1.25. The Labute approximate surface area is 80.2 Å². The monoisotopic (exact) mass is 148 g/mol. The number of nitrogens with zero attached hydrogens (tertiary/aromatic N) is 1. The summed E-state index contributed by atoms with van der Waals surface area (Å²) in [6, 6.07) is 0. The molecular weight excluding hydrogens is 135 g/mol. The van der Waals surface area contributed by atoms with Crippen molar-refractivity contribution in [3.8, 4) is 0 Å². The molecule has 0 spiro atoms. The van der Waals surface area contributed by atoms with E-state index in [-0.39, 0.29) is 0 Å². The van der Waals surface area contributed by atoms with Gasteiger partial charge in [-0.2, -0.15) is 0 Å². The summed E-state index contributed by atoms with van der Waals surface area (Å²) in [6.45, 7) is 7.75. The second-order valence-corrected chi connectivity index (χ2v) is 4.29. The second-order valence-electron chi connectivity index (χ2n) is 2.47. The van der Waals surface area contributed by atoms with E-state index in [4.69, 9.17) is 0 Å². The maximum absolute atomic E-state index is 3.85. The predicted molar refractivity (Wildman–Crippen MR) is 46.7 cm³/mol. The van der Waals surface area contributed by atoms with Gasteiger partial charge in [-0.1, -0.05) is 0 Å². The number of allylic oxidation sites excluding steroid dienone is 1. The minimum atomic E-state index is 0.787. The van der Waals surface area contributed by atoms with E-state index in [1.807, 2.05) is 6.08 Å². The molecule has 0 radical (unpaired) electrons. The summed E-state index contributed by atoms with van der Waals surface area (Å²) in [7, 11) is 0. The Morgan fingerprint density at radius 1 is 1.90 bits per heavy atom. The molecule has 1 aliphatic heterocycles. The Bertz CT molecular complexity index is 104. The van der Waals surface area contributed by atoms with Crippen LogP contribution in [0.3, 0.4) is 0 Å². The van der Waals surface area contributed by atoms with Crippen molar-refractivity contribution < 1.29 is 0 Å². The quantitative estimate of drug-likeness (QED) is 0.431. The van der Waals surface area contributed by atoms with E-state index in [9.17, 15) is 0 Å². The van der Waals surface area contributed by atoms with Crippen LogP contribution in [0, 0.1) is 0 Å². The van der Waals surface area contributed by atoms with E-state index in [2.05, 4.69) is 23.8 Å². The molecule has 0 saturated carbocycles. The van der Waals surface area contributed by atoms with Gasteiger partial charge in [-0.25, -0.2) is 0 Å². The van der Waals surface area contributed by atoms with Gasteiger partial charge < -0.3 is 5.32 Å². The molecule has 0 saturated heterocycles. The van der Waals surface area contributed by atoms with Gasteiger partial charge in [-0.15, -0.1) is 0 Å². The Balaban J connectivity index is 0.000000162. The van der Waals surface area contributed by atoms with Crippen LogP contribution in [0.1, 0.15) is 6.92 Å². The molecule has 0 bridgehead atoms. The first kappa shape index (κ1) is 10.2. The summed E-state index contributed by atoms with van der Waals surface area (Å²) in [5, 5.41) is 2.93. The molecule has 1 N–H and O–H groups in total. The van der Waals surface area contributed by atoms with Crippen molar-refractivity contribution in [1.29, 1.82) is 0 Å². The van der Waals surface area contributed by atoms with Crippen molar-refractivity contribution in [3.63, 3.8) is 0 Å². The fourth-order valence-electron chi connectivity index (χ4n) is 0.323. The summed E-state index contributed by atoms with van der Waals surface area (Å²) in [5.41, 5.74) is 0. The third-order valence-corrected chi connectivity index (χ3v) is 1.51. The van der Waals surface area contributed by atoms with Gasteiger partial charge in [0, 0.05) is 6.54 Å². The van der Waals surface area contributed by atoms with Crippen LogP contribution >= 0.6 is 0 Å². The number of hydrogen-bond donors (Lipinski definition) is 1. The molecule has 0 aromatic carbocycles. The van der Waals surface area contributed by atoms with Crippen LogP contribution in [0.5, 0.6) is 0 Å². The van der Waals surface area contributed by atoms with E-state index in [0.717, 1.165) is 16.3 Å². The number of hydrogen-bond acceptors (Lipinski definition) is 2. The average molecular weight is 148 g/mol. The van der Waals surface area contributed by atoms with Gasteiger partial charge in [0.05, 0.1) is 12.9 Å². The molecule has 3 heteroatoms. The molecule has 1 heterocycles. The number of aliphatic imine (C=N–C) groups is 1. The van der Waals surface area contributed by atoms with Crippen molar-refractivity contribution in [2.24, 2.45) is 4.99 Å². The maximum atomic E-state index is 3.85. The fourth-order valence-corrected chi connectivity index (χ4v) is 0.323. The first-order chi connectivity index (χ1) is 4.77. The first-order valence-electron chi connectivity index (χ1n) is 3.61. The van der Waals surface area contributed by atoms with E-state index < -0.39 is 0 Å². The number of rotatable bonds is 1. The van der Waals surface area contributed by atoms with Crippen LogP contribution in [0.15, 0.2) is 17.6 Å². The Morgan fingerprint density at radius 2 is 2.50 bits per heavy atom. The molecule has 1 atom stereocenters. The van der Waals surface area contributed by atoms with Gasteiger partial charge in [-0.3, -0.25) is 4.99 Å². The first-order valence-corrected chi connectivity index (χ1v) is 4.77. The molecule has 0 fully saturated rings. The van der Waals surface area contributed by atoms with E-state index in [0.29, 0.717) is 0 Å². The fraction of sp³-hybridized carbons (Fsp3) is 0.571. The Kier molecular flexibility index (Phi) is 7.47. The summed E-state index contributed by atoms with van der Waals surface area (Å²) < 4.78 is 0.787. The van der Waals surface area contributed by atoms with Gasteiger partial charge in [0.25, 0.3) is 0 Å². The van der Waals surface area contributed by atoms with Crippen molar-refractivity contribution >= 4 is 34.3 Å².